The van der Waals surface area contributed by atoms with Crippen LogP contribution in [0, 0.1) is 12.8 Å². The average Bonchev–Trinajstić information content (AvgIpc) is 2.47. The number of aromatic nitrogens is 1. The van der Waals surface area contributed by atoms with E-state index in [0.717, 1.165) is 30.7 Å². The summed E-state index contributed by atoms with van der Waals surface area (Å²) in [5, 5.41) is 3.24. The summed E-state index contributed by atoms with van der Waals surface area (Å²) in [5.41, 5.74) is 2.46. The molecule has 1 N–H and O–H groups in total. The Morgan fingerprint density at radius 2 is 2.14 bits per heavy atom. The number of fused-ring (bicyclic) bond motifs is 1. The SMILES string of the molecule is CNCc1cc(C)nc(N2CCC3C(CCCN3C)C2)c1. The number of nitrogens with one attached hydrogen (secondary N) is 1. The van der Waals surface area contributed by atoms with E-state index >= 15 is 0 Å². The topological polar surface area (TPSA) is 31.4 Å². The molecule has 2 saturated heterocycles. The first-order chi connectivity index (χ1) is 10.2. The van der Waals surface area contributed by atoms with Gasteiger partial charge in [-0.05, 0) is 70.4 Å². The van der Waals surface area contributed by atoms with Crippen LogP contribution in [-0.4, -0.2) is 49.7 Å². The zero-order valence-corrected chi connectivity index (χ0v) is 13.6. The number of nitrogens with zero attached hydrogens (tertiary/aromatic N) is 3. The molecule has 0 saturated carbocycles. The molecule has 116 valence electrons. The number of piperidine rings is 2. The van der Waals surface area contributed by atoms with Crippen LogP contribution in [0.15, 0.2) is 12.1 Å². The lowest BCUT2D eigenvalue weighted by Gasteiger charge is -2.46. The first-order valence-electron chi connectivity index (χ1n) is 8.24. The van der Waals surface area contributed by atoms with Gasteiger partial charge in [0.1, 0.15) is 5.82 Å². The summed E-state index contributed by atoms with van der Waals surface area (Å²) in [6.07, 6.45) is 4.00. The van der Waals surface area contributed by atoms with E-state index in [1.807, 2.05) is 7.05 Å². The molecule has 2 aliphatic rings. The predicted octanol–water partition coefficient (Wildman–Crippen LogP) is 2.03. The predicted molar refractivity (Wildman–Crippen MR) is 87.7 cm³/mol. The van der Waals surface area contributed by atoms with Crippen molar-refractivity contribution in [1.29, 1.82) is 0 Å². The number of aryl methyl sites for hydroxylation is 1. The van der Waals surface area contributed by atoms with Crippen molar-refractivity contribution >= 4 is 5.82 Å². The Kier molecular flexibility index (Phi) is 4.45. The molecular weight excluding hydrogens is 260 g/mol. The molecule has 0 aliphatic carbocycles. The van der Waals surface area contributed by atoms with Crippen molar-refractivity contribution in [3.63, 3.8) is 0 Å². The molecule has 4 nitrogen and oxygen atoms in total. The summed E-state index contributed by atoms with van der Waals surface area (Å²) in [6, 6.07) is 5.23. The Balaban J connectivity index is 1.75. The number of likely N-dealkylation sites (tertiary alicyclic amines) is 1. The smallest absolute Gasteiger partial charge is 0.129 e. The molecule has 4 heteroatoms. The summed E-state index contributed by atoms with van der Waals surface area (Å²) in [4.78, 5) is 9.86. The summed E-state index contributed by atoms with van der Waals surface area (Å²) < 4.78 is 0. The fraction of sp³-hybridized carbons (Fsp3) is 0.706. The van der Waals surface area contributed by atoms with Crippen molar-refractivity contribution in [2.45, 2.75) is 38.8 Å². The second kappa shape index (κ2) is 6.32. The van der Waals surface area contributed by atoms with E-state index < -0.39 is 0 Å². The minimum absolute atomic E-state index is 0.789. The van der Waals surface area contributed by atoms with Gasteiger partial charge in [0.2, 0.25) is 0 Å². The number of anilines is 1. The molecule has 0 amide bonds. The van der Waals surface area contributed by atoms with E-state index in [0.29, 0.717) is 0 Å². The lowest BCUT2D eigenvalue weighted by Crippen LogP contribution is -2.52. The zero-order valence-electron chi connectivity index (χ0n) is 13.6. The van der Waals surface area contributed by atoms with Crippen molar-refractivity contribution < 1.29 is 0 Å². The Morgan fingerprint density at radius 3 is 2.95 bits per heavy atom. The lowest BCUT2D eigenvalue weighted by atomic mass is 9.84. The molecule has 2 fully saturated rings. The number of hydrogen-bond donors (Lipinski definition) is 1. The molecule has 3 heterocycles. The Bertz CT molecular complexity index is 488. The average molecular weight is 288 g/mol. The van der Waals surface area contributed by atoms with Gasteiger partial charge in [-0.25, -0.2) is 4.98 Å². The Morgan fingerprint density at radius 1 is 1.29 bits per heavy atom. The Hall–Kier alpha value is -1.13. The number of rotatable bonds is 3. The first kappa shape index (κ1) is 14.8. The van der Waals surface area contributed by atoms with Gasteiger partial charge in [-0.2, -0.15) is 0 Å². The van der Waals surface area contributed by atoms with Gasteiger partial charge >= 0.3 is 0 Å². The van der Waals surface area contributed by atoms with E-state index in [1.54, 1.807) is 0 Å². The van der Waals surface area contributed by atoms with Crippen LogP contribution in [-0.2, 0) is 6.54 Å². The maximum Gasteiger partial charge on any atom is 0.129 e. The highest BCUT2D eigenvalue weighted by molar-refractivity contribution is 5.43. The largest absolute Gasteiger partial charge is 0.356 e. The van der Waals surface area contributed by atoms with Crippen molar-refractivity contribution in [3.05, 3.63) is 23.4 Å². The maximum atomic E-state index is 4.78. The van der Waals surface area contributed by atoms with E-state index in [9.17, 15) is 0 Å². The molecule has 0 spiro atoms. The van der Waals surface area contributed by atoms with Gasteiger partial charge in [0, 0.05) is 31.4 Å². The lowest BCUT2D eigenvalue weighted by molar-refractivity contribution is 0.102. The van der Waals surface area contributed by atoms with Crippen LogP contribution < -0.4 is 10.2 Å². The third-order valence-corrected chi connectivity index (χ3v) is 5.05. The highest BCUT2D eigenvalue weighted by Crippen LogP contribution is 2.31. The Labute approximate surface area is 128 Å². The van der Waals surface area contributed by atoms with Crippen LogP contribution in [0.1, 0.15) is 30.5 Å². The van der Waals surface area contributed by atoms with Crippen molar-refractivity contribution in [1.82, 2.24) is 15.2 Å². The fourth-order valence-electron chi connectivity index (χ4n) is 4.05. The monoisotopic (exact) mass is 288 g/mol. The second-order valence-electron chi connectivity index (χ2n) is 6.69. The summed E-state index contributed by atoms with van der Waals surface area (Å²) in [7, 11) is 4.29. The van der Waals surface area contributed by atoms with E-state index in [1.165, 1.54) is 43.7 Å². The minimum atomic E-state index is 0.789. The maximum absolute atomic E-state index is 4.78. The molecule has 3 rings (SSSR count). The van der Waals surface area contributed by atoms with Crippen LogP contribution in [0.2, 0.25) is 0 Å². The van der Waals surface area contributed by atoms with Crippen LogP contribution in [0.25, 0.3) is 0 Å². The van der Waals surface area contributed by atoms with Gasteiger partial charge in [0.05, 0.1) is 0 Å². The van der Waals surface area contributed by atoms with E-state index in [2.05, 4.69) is 41.2 Å². The minimum Gasteiger partial charge on any atom is -0.356 e. The molecule has 1 aromatic rings. The molecule has 1 aromatic heterocycles. The molecular formula is C17H28N4. The third-order valence-electron chi connectivity index (χ3n) is 5.05. The molecule has 2 aliphatic heterocycles. The van der Waals surface area contributed by atoms with Gasteiger partial charge in [-0.3, -0.25) is 0 Å². The molecule has 2 unspecified atom stereocenters. The molecule has 2 atom stereocenters. The normalized spacial score (nSPS) is 26.7. The number of pyridine rings is 1. The number of hydrogen-bond acceptors (Lipinski definition) is 4. The van der Waals surface area contributed by atoms with Gasteiger partial charge in [0.25, 0.3) is 0 Å². The first-order valence-corrected chi connectivity index (χ1v) is 8.24. The van der Waals surface area contributed by atoms with Crippen LogP contribution in [0.5, 0.6) is 0 Å². The van der Waals surface area contributed by atoms with Gasteiger partial charge < -0.3 is 15.1 Å². The zero-order chi connectivity index (χ0) is 14.8. The summed E-state index contributed by atoms with van der Waals surface area (Å²) >= 11 is 0. The van der Waals surface area contributed by atoms with Gasteiger partial charge in [0.15, 0.2) is 0 Å². The van der Waals surface area contributed by atoms with Gasteiger partial charge in [-0.15, -0.1) is 0 Å². The van der Waals surface area contributed by atoms with Crippen molar-refractivity contribution in [2.24, 2.45) is 5.92 Å². The fourth-order valence-corrected chi connectivity index (χ4v) is 4.05. The van der Waals surface area contributed by atoms with Crippen LogP contribution in [0.4, 0.5) is 5.82 Å². The van der Waals surface area contributed by atoms with Gasteiger partial charge in [-0.1, -0.05) is 0 Å². The highest BCUT2D eigenvalue weighted by Gasteiger charge is 2.34. The summed E-state index contributed by atoms with van der Waals surface area (Å²) in [5.74, 6) is 1.99. The second-order valence-corrected chi connectivity index (χ2v) is 6.69. The highest BCUT2D eigenvalue weighted by atomic mass is 15.2. The van der Waals surface area contributed by atoms with Crippen LogP contribution >= 0.6 is 0 Å². The molecule has 0 radical (unpaired) electrons. The van der Waals surface area contributed by atoms with Crippen molar-refractivity contribution in [2.75, 3.05) is 38.6 Å². The summed E-state index contributed by atoms with van der Waals surface area (Å²) in [6.45, 7) is 6.60. The van der Waals surface area contributed by atoms with E-state index in [4.69, 9.17) is 4.98 Å². The van der Waals surface area contributed by atoms with E-state index in [-0.39, 0.29) is 0 Å². The molecule has 0 bridgehead atoms. The van der Waals surface area contributed by atoms with Crippen LogP contribution in [0.3, 0.4) is 0 Å². The quantitative estimate of drug-likeness (QED) is 0.922. The van der Waals surface area contributed by atoms with Crippen molar-refractivity contribution in [3.8, 4) is 0 Å². The molecule has 21 heavy (non-hydrogen) atoms. The third kappa shape index (κ3) is 3.22. The standard InChI is InChI=1S/C17H28N4/c1-13-9-14(11-18-2)10-17(19-13)21-8-6-16-15(12-21)5-4-7-20(16)3/h9-10,15-16,18H,4-8,11-12H2,1-3H3. The molecule has 0 aromatic carbocycles.